The summed E-state index contributed by atoms with van der Waals surface area (Å²) in [7, 11) is 0. The van der Waals surface area contributed by atoms with E-state index in [0.29, 0.717) is 0 Å². The van der Waals surface area contributed by atoms with Crippen molar-refractivity contribution in [2.45, 2.75) is 0 Å². The largest absolute Gasteiger partial charge is 0.455 e. The molecular formula is C60H39NO. The van der Waals surface area contributed by atoms with Gasteiger partial charge in [0.05, 0.1) is 5.69 Å². The van der Waals surface area contributed by atoms with Crippen molar-refractivity contribution in [1.29, 1.82) is 0 Å². The highest BCUT2D eigenvalue weighted by Gasteiger charge is 2.20. The Morgan fingerprint density at radius 2 is 0.710 bits per heavy atom. The summed E-state index contributed by atoms with van der Waals surface area (Å²) in [5.41, 5.74) is 9.68. The Hall–Kier alpha value is -8.20. The fraction of sp³-hybridized carbons (Fsp3) is 0. The van der Waals surface area contributed by atoms with Crippen LogP contribution in [0.5, 0.6) is 0 Å². The summed E-state index contributed by atoms with van der Waals surface area (Å²) >= 11 is 0. The lowest BCUT2D eigenvalue weighted by Gasteiger charge is -2.28. The zero-order valence-corrected chi connectivity index (χ0v) is 33.9. The van der Waals surface area contributed by atoms with Gasteiger partial charge in [-0.1, -0.05) is 194 Å². The second kappa shape index (κ2) is 14.8. The van der Waals surface area contributed by atoms with Crippen molar-refractivity contribution in [3.63, 3.8) is 0 Å². The van der Waals surface area contributed by atoms with Crippen molar-refractivity contribution in [3.05, 3.63) is 237 Å². The molecule has 2 nitrogen and oxygen atoms in total. The lowest BCUT2D eigenvalue weighted by atomic mass is 9.93. The first-order chi connectivity index (χ1) is 30.8. The Labute approximate surface area is 359 Å². The molecule has 0 atom stereocenters. The normalized spacial score (nSPS) is 11.5. The first-order valence-corrected chi connectivity index (χ1v) is 21.3. The highest BCUT2D eigenvalue weighted by molar-refractivity contribution is 6.31. The zero-order chi connectivity index (χ0) is 41.0. The zero-order valence-electron chi connectivity index (χ0n) is 33.9. The van der Waals surface area contributed by atoms with Crippen LogP contribution in [0.25, 0.3) is 98.1 Å². The number of anilines is 3. The van der Waals surface area contributed by atoms with Gasteiger partial charge in [-0.2, -0.15) is 0 Å². The topological polar surface area (TPSA) is 16.4 Å². The van der Waals surface area contributed by atoms with Crippen LogP contribution in [0.4, 0.5) is 17.1 Å². The third-order valence-electron chi connectivity index (χ3n) is 12.5. The first-order valence-electron chi connectivity index (χ1n) is 21.3. The minimum absolute atomic E-state index is 0.882. The van der Waals surface area contributed by atoms with Crippen LogP contribution in [0, 0.1) is 0 Å². The minimum Gasteiger partial charge on any atom is -0.455 e. The van der Waals surface area contributed by atoms with Crippen molar-refractivity contribution in [1.82, 2.24) is 0 Å². The average Bonchev–Trinajstić information content (AvgIpc) is 3.73. The Morgan fingerprint density at radius 1 is 0.274 bits per heavy atom. The minimum atomic E-state index is 0.882. The molecule has 290 valence electrons. The van der Waals surface area contributed by atoms with Gasteiger partial charge < -0.3 is 9.32 Å². The maximum Gasteiger partial charge on any atom is 0.143 e. The van der Waals surface area contributed by atoms with Gasteiger partial charge >= 0.3 is 0 Å². The van der Waals surface area contributed by atoms with E-state index in [-0.39, 0.29) is 0 Å². The van der Waals surface area contributed by atoms with Gasteiger partial charge in [0.15, 0.2) is 0 Å². The van der Waals surface area contributed by atoms with Crippen LogP contribution in [0.15, 0.2) is 241 Å². The molecule has 0 aliphatic heterocycles. The van der Waals surface area contributed by atoms with E-state index in [1.54, 1.807) is 0 Å². The molecule has 12 rings (SSSR count). The van der Waals surface area contributed by atoms with Crippen LogP contribution in [0.2, 0.25) is 0 Å². The molecule has 0 unspecified atom stereocenters. The molecular weight excluding hydrogens is 751 g/mol. The number of benzene rings is 10. The van der Waals surface area contributed by atoms with E-state index in [1.807, 2.05) is 0 Å². The Balaban J connectivity index is 1.26. The molecule has 0 N–H and O–H groups in total. The predicted octanol–water partition coefficient (Wildman–Crippen LogP) is 17.3. The van der Waals surface area contributed by atoms with E-state index in [1.165, 1.54) is 38.1 Å². The molecule has 0 fully saturated rings. The van der Waals surface area contributed by atoms with Gasteiger partial charge in [0, 0.05) is 33.1 Å². The maximum atomic E-state index is 6.97. The highest BCUT2D eigenvalue weighted by atomic mass is 16.3. The fourth-order valence-electron chi connectivity index (χ4n) is 9.64. The van der Waals surface area contributed by atoms with Gasteiger partial charge in [-0.05, 0) is 108 Å². The van der Waals surface area contributed by atoms with E-state index in [0.717, 1.165) is 77.1 Å². The smallest absolute Gasteiger partial charge is 0.143 e. The summed E-state index contributed by atoms with van der Waals surface area (Å²) in [6, 6.07) is 85.7. The van der Waals surface area contributed by atoms with Gasteiger partial charge in [0.2, 0.25) is 0 Å². The first kappa shape index (κ1) is 35.7. The predicted molar refractivity (Wildman–Crippen MR) is 264 cm³/mol. The summed E-state index contributed by atoms with van der Waals surface area (Å²) in [4.78, 5) is 2.42. The molecule has 11 aromatic carbocycles. The molecule has 0 radical (unpaired) electrons. The summed E-state index contributed by atoms with van der Waals surface area (Å²) in [5.74, 6) is 0. The molecule has 12 aromatic rings. The number of hydrogen-bond acceptors (Lipinski definition) is 2. The highest BCUT2D eigenvalue weighted by Crippen LogP contribution is 2.45. The number of para-hydroxylation sites is 2. The number of nitrogens with zero attached hydrogens (tertiary/aromatic N) is 1. The van der Waals surface area contributed by atoms with E-state index in [9.17, 15) is 0 Å². The number of fused-ring (bicyclic) bond motifs is 14. The van der Waals surface area contributed by atoms with Crippen LogP contribution < -0.4 is 4.90 Å². The lowest BCUT2D eigenvalue weighted by Crippen LogP contribution is -2.11. The van der Waals surface area contributed by atoms with Crippen LogP contribution in [-0.2, 0) is 0 Å². The standard InChI is InChI=1S/C60H39NO/c1-3-17-40(18-4-1)41-31-33-43(34-32-41)61(57-29-15-13-21-45(57)42-19-5-2-6-20-42)44-35-36-51-49-25-10-8-23-47(49)46-22-7-9-24-48(46)50-26-11-12-28-53(50)59-54(56(51)39-44)37-38-55-52-27-14-16-30-58(52)62-60(55)59/h1-39H. The Morgan fingerprint density at radius 3 is 1.37 bits per heavy atom. The summed E-state index contributed by atoms with van der Waals surface area (Å²) in [6.07, 6.45) is 0. The molecule has 0 bridgehead atoms. The van der Waals surface area contributed by atoms with E-state index in [2.05, 4.69) is 241 Å². The monoisotopic (exact) mass is 789 g/mol. The van der Waals surface area contributed by atoms with Crippen molar-refractivity contribution in [3.8, 4) is 22.3 Å². The number of furan rings is 1. The van der Waals surface area contributed by atoms with E-state index < -0.39 is 0 Å². The third-order valence-corrected chi connectivity index (χ3v) is 12.5. The number of hydrogen-bond donors (Lipinski definition) is 0. The molecule has 0 aliphatic rings. The van der Waals surface area contributed by atoms with Crippen LogP contribution in [0.3, 0.4) is 0 Å². The Kier molecular flexibility index (Phi) is 8.53. The van der Waals surface area contributed by atoms with Crippen LogP contribution in [0.1, 0.15) is 0 Å². The second-order valence-corrected chi connectivity index (χ2v) is 16.0. The third kappa shape index (κ3) is 5.88. The summed E-state index contributed by atoms with van der Waals surface area (Å²) in [5, 5.41) is 13.8. The molecule has 0 spiro atoms. The Bertz CT molecular complexity index is 3740. The van der Waals surface area contributed by atoms with Gasteiger partial charge in [0.1, 0.15) is 11.2 Å². The van der Waals surface area contributed by atoms with Crippen molar-refractivity contribution < 1.29 is 4.42 Å². The maximum absolute atomic E-state index is 6.97. The van der Waals surface area contributed by atoms with Crippen LogP contribution in [-0.4, -0.2) is 0 Å². The van der Waals surface area contributed by atoms with E-state index >= 15 is 0 Å². The number of rotatable bonds is 5. The van der Waals surface area contributed by atoms with Gasteiger partial charge in [0.25, 0.3) is 0 Å². The van der Waals surface area contributed by atoms with Crippen LogP contribution >= 0.6 is 0 Å². The molecule has 1 aromatic heterocycles. The molecule has 0 saturated carbocycles. The second-order valence-electron chi connectivity index (χ2n) is 16.0. The molecule has 2 heteroatoms. The van der Waals surface area contributed by atoms with Gasteiger partial charge in [-0.3, -0.25) is 0 Å². The lowest BCUT2D eigenvalue weighted by molar-refractivity contribution is 0.673. The molecule has 1 heterocycles. The average molecular weight is 790 g/mol. The quantitative estimate of drug-likeness (QED) is 0.173. The fourth-order valence-corrected chi connectivity index (χ4v) is 9.64. The van der Waals surface area contributed by atoms with Gasteiger partial charge in [-0.25, -0.2) is 0 Å². The molecule has 0 saturated heterocycles. The van der Waals surface area contributed by atoms with Crippen molar-refractivity contribution >= 4 is 92.9 Å². The summed E-state index contributed by atoms with van der Waals surface area (Å²) < 4.78 is 6.97. The van der Waals surface area contributed by atoms with Crippen molar-refractivity contribution in [2.75, 3.05) is 4.90 Å². The molecule has 62 heavy (non-hydrogen) atoms. The van der Waals surface area contributed by atoms with Gasteiger partial charge in [-0.15, -0.1) is 0 Å². The van der Waals surface area contributed by atoms with Crippen molar-refractivity contribution in [2.24, 2.45) is 0 Å². The molecule has 0 amide bonds. The molecule has 0 aliphatic carbocycles. The van der Waals surface area contributed by atoms with E-state index in [4.69, 9.17) is 4.42 Å². The summed E-state index contributed by atoms with van der Waals surface area (Å²) in [6.45, 7) is 0. The SMILES string of the molecule is c1ccc(-c2ccc(N(c3ccc4c5ccccc5c5ccccc5c5ccccc5c5c(ccc6c7ccccc7oc65)c4c3)c3ccccc3-c3ccccc3)cc2)cc1.